The maximum atomic E-state index is 11.0. The van der Waals surface area contributed by atoms with Crippen LogP contribution in [-0.2, 0) is 11.2 Å². The molecule has 3 heteroatoms. The van der Waals surface area contributed by atoms with Crippen molar-refractivity contribution < 1.29 is 4.79 Å². The van der Waals surface area contributed by atoms with Crippen LogP contribution in [0.1, 0.15) is 5.56 Å². The minimum atomic E-state index is 0.0694. The van der Waals surface area contributed by atoms with Gasteiger partial charge in [-0.25, -0.2) is 0 Å². The first-order valence-corrected chi connectivity index (χ1v) is 5.73. The summed E-state index contributed by atoms with van der Waals surface area (Å²) in [6.07, 6.45) is 2.46. The zero-order valence-electron chi connectivity index (χ0n) is 7.42. The molecular weight excluding hydrogens is 204 g/mol. The number of benzene rings is 1. The number of alkyl halides is 1. The van der Waals surface area contributed by atoms with Crippen LogP contribution in [-0.4, -0.2) is 17.9 Å². The summed E-state index contributed by atoms with van der Waals surface area (Å²) < 4.78 is 0. The predicted molar refractivity (Wildman–Crippen MR) is 57.7 cm³/mol. The fourth-order valence-corrected chi connectivity index (χ4v) is 1.64. The number of hydrogen-bond acceptors (Lipinski definition) is 2. The van der Waals surface area contributed by atoms with Gasteiger partial charge in [0.15, 0.2) is 5.78 Å². The highest BCUT2D eigenvalue weighted by Crippen LogP contribution is 2.16. The van der Waals surface area contributed by atoms with Crippen LogP contribution in [0.2, 0.25) is 0 Å². The minimum absolute atomic E-state index is 0.0694. The summed E-state index contributed by atoms with van der Waals surface area (Å²) in [6.45, 7) is 0. The standard InChI is InChI=1S/C10H11ClOS/c1-13-10-4-2-3-8(6-10)5-9(12)7-11/h2-4,6H,5,7H2,1H3. The first kappa shape index (κ1) is 10.6. The quantitative estimate of drug-likeness (QED) is 0.567. The normalized spacial score (nSPS) is 10.0. The molecule has 1 aromatic rings. The number of hydrogen-bond donors (Lipinski definition) is 0. The third kappa shape index (κ3) is 3.41. The van der Waals surface area contributed by atoms with Gasteiger partial charge in [0, 0.05) is 11.3 Å². The lowest BCUT2D eigenvalue weighted by Crippen LogP contribution is -2.03. The Bertz CT molecular complexity index is 299. The van der Waals surface area contributed by atoms with Crippen molar-refractivity contribution in [2.45, 2.75) is 11.3 Å². The summed E-state index contributed by atoms with van der Waals surface area (Å²) in [5.74, 6) is 0.170. The van der Waals surface area contributed by atoms with Gasteiger partial charge in [0.25, 0.3) is 0 Å². The van der Waals surface area contributed by atoms with E-state index in [4.69, 9.17) is 11.6 Å². The topological polar surface area (TPSA) is 17.1 Å². The smallest absolute Gasteiger partial charge is 0.151 e. The average Bonchev–Trinajstić information content (AvgIpc) is 2.18. The van der Waals surface area contributed by atoms with Gasteiger partial charge in [-0.2, -0.15) is 0 Å². The number of Topliss-reactive ketones (excluding diaryl/α,β-unsaturated/α-hetero) is 1. The van der Waals surface area contributed by atoms with Gasteiger partial charge < -0.3 is 0 Å². The maximum absolute atomic E-state index is 11.0. The van der Waals surface area contributed by atoms with E-state index in [-0.39, 0.29) is 11.7 Å². The monoisotopic (exact) mass is 214 g/mol. The molecule has 0 saturated carbocycles. The summed E-state index contributed by atoms with van der Waals surface area (Å²) in [5.41, 5.74) is 1.04. The van der Waals surface area contributed by atoms with Crippen molar-refractivity contribution in [2.24, 2.45) is 0 Å². The molecular formula is C10H11ClOS. The van der Waals surface area contributed by atoms with Gasteiger partial charge in [-0.15, -0.1) is 23.4 Å². The highest BCUT2D eigenvalue weighted by molar-refractivity contribution is 7.98. The van der Waals surface area contributed by atoms with Crippen molar-refractivity contribution in [2.75, 3.05) is 12.1 Å². The van der Waals surface area contributed by atoms with Gasteiger partial charge in [-0.05, 0) is 24.0 Å². The Balaban J connectivity index is 2.71. The summed E-state index contributed by atoms with van der Waals surface area (Å²) in [6, 6.07) is 7.96. The molecule has 0 aliphatic heterocycles. The highest BCUT2D eigenvalue weighted by Gasteiger charge is 2.01. The average molecular weight is 215 g/mol. The lowest BCUT2D eigenvalue weighted by Gasteiger charge is -2.00. The zero-order valence-corrected chi connectivity index (χ0v) is 8.99. The molecule has 0 aromatic heterocycles. The Morgan fingerprint density at radius 3 is 2.92 bits per heavy atom. The zero-order chi connectivity index (χ0) is 9.68. The number of ketones is 1. The molecule has 1 rings (SSSR count). The van der Waals surface area contributed by atoms with Crippen LogP contribution in [0.15, 0.2) is 29.2 Å². The summed E-state index contributed by atoms with van der Waals surface area (Å²) in [4.78, 5) is 12.2. The Labute approximate surface area is 87.5 Å². The number of halogens is 1. The fourth-order valence-electron chi connectivity index (χ4n) is 1.06. The van der Waals surface area contributed by atoms with Crippen LogP contribution < -0.4 is 0 Å². The molecule has 0 radical (unpaired) electrons. The van der Waals surface area contributed by atoms with E-state index in [0.717, 1.165) is 5.56 Å². The molecule has 0 aliphatic carbocycles. The SMILES string of the molecule is CSc1cccc(CC(=O)CCl)c1. The van der Waals surface area contributed by atoms with Crippen molar-refractivity contribution in [1.82, 2.24) is 0 Å². The first-order valence-electron chi connectivity index (χ1n) is 3.97. The van der Waals surface area contributed by atoms with Crippen molar-refractivity contribution in [3.8, 4) is 0 Å². The number of carbonyl (C=O) groups excluding carboxylic acids is 1. The van der Waals surface area contributed by atoms with Gasteiger partial charge in [0.2, 0.25) is 0 Å². The van der Waals surface area contributed by atoms with Crippen molar-refractivity contribution in [3.05, 3.63) is 29.8 Å². The minimum Gasteiger partial charge on any atom is -0.298 e. The summed E-state index contributed by atoms with van der Waals surface area (Å²) >= 11 is 7.09. The fraction of sp³-hybridized carbons (Fsp3) is 0.300. The van der Waals surface area contributed by atoms with Crippen molar-refractivity contribution >= 4 is 29.1 Å². The van der Waals surface area contributed by atoms with E-state index < -0.39 is 0 Å². The van der Waals surface area contributed by atoms with E-state index in [2.05, 4.69) is 0 Å². The van der Waals surface area contributed by atoms with Crippen LogP contribution >= 0.6 is 23.4 Å². The van der Waals surface area contributed by atoms with Crippen LogP contribution in [0.25, 0.3) is 0 Å². The molecule has 0 unspecified atom stereocenters. The van der Waals surface area contributed by atoms with Crippen molar-refractivity contribution in [3.63, 3.8) is 0 Å². The molecule has 0 N–H and O–H groups in total. The molecule has 0 aliphatic rings. The molecule has 0 bridgehead atoms. The number of thioether (sulfide) groups is 1. The second kappa shape index (κ2) is 5.30. The largest absolute Gasteiger partial charge is 0.298 e. The lowest BCUT2D eigenvalue weighted by molar-refractivity contribution is -0.116. The highest BCUT2D eigenvalue weighted by atomic mass is 35.5. The molecule has 13 heavy (non-hydrogen) atoms. The van der Waals surface area contributed by atoms with E-state index >= 15 is 0 Å². The summed E-state index contributed by atoms with van der Waals surface area (Å²) in [5, 5.41) is 0. The van der Waals surface area contributed by atoms with E-state index in [1.165, 1.54) is 4.90 Å². The van der Waals surface area contributed by atoms with Gasteiger partial charge in [0.05, 0.1) is 5.88 Å². The van der Waals surface area contributed by atoms with E-state index in [1.807, 2.05) is 30.5 Å². The third-order valence-corrected chi connectivity index (χ3v) is 2.71. The van der Waals surface area contributed by atoms with E-state index in [1.54, 1.807) is 11.8 Å². The van der Waals surface area contributed by atoms with E-state index in [9.17, 15) is 4.79 Å². The molecule has 0 amide bonds. The Morgan fingerprint density at radius 1 is 1.54 bits per heavy atom. The second-order valence-electron chi connectivity index (χ2n) is 2.70. The van der Waals surface area contributed by atoms with Gasteiger partial charge in [-0.1, -0.05) is 12.1 Å². The maximum Gasteiger partial charge on any atom is 0.151 e. The van der Waals surface area contributed by atoms with Crippen LogP contribution in [0.5, 0.6) is 0 Å². The number of carbonyl (C=O) groups is 1. The molecule has 70 valence electrons. The molecule has 1 aromatic carbocycles. The molecule has 0 spiro atoms. The van der Waals surface area contributed by atoms with Gasteiger partial charge >= 0.3 is 0 Å². The second-order valence-corrected chi connectivity index (χ2v) is 3.85. The third-order valence-electron chi connectivity index (χ3n) is 1.68. The van der Waals surface area contributed by atoms with Crippen molar-refractivity contribution in [1.29, 1.82) is 0 Å². The molecule has 0 fully saturated rings. The molecule has 0 atom stereocenters. The Morgan fingerprint density at radius 2 is 2.31 bits per heavy atom. The molecule has 1 nitrogen and oxygen atoms in total. The van der Waals surface area contributed by atoms with Gasteiger partial charge in [0.1, 0.15) is 0 Å². The van der Waals surface area contributed by atoms with E-state index in [0.29, 0.717) is 6.42 Å². The van der Waals surface area contributed by atoms with Gasteiger partial charge in [-0.3, -0.25) is 4.79 Å². The van der Waals surface area contributed by atoms with Crippen LogP contribution in [0.4, 0.5) is 0 Å². The Hall–Kier alpha value is -0.470. The summed E-state index contributed by atoms with van der Waals surface area (Å²) in [7, 11) is 0. The molecule has 0 heterocycles. The van der Waals surface area contributed by atoms with Crippen LogP contribution in [0.3, 0.4) is 0 Å². The first-order chi connectivity index (χ1) is 6.26. The van der Waals surface area contributed by atoms with Crippen LogP contribution in [0, 0.1) is 0 Å². The predicted octanol–water partition coefficient (Wildman–Crippen LogP) is 2.76. The lowest BCUT2D eigenvalue weighted by atomic mass is 10.1. The Kier molecular flexibility index (Phi) is 4.33. The molecule has 0 saturated heterocycles. The number of rotatable bonds is 4.